The van der Waals surface area contributed by atoms with Crippen LogP contribution < -0.4 is 5.32 Å². The van der Waals surface area contributed by atoms with E-state index < -0.39 is 0 Å². The summed E-state index contributed by atoms with van der Waals surface area (Å²) < 4.78 is 0. The van der Waals surface area contributed by atoms with Gasteiger partial charge in [-0.15, -0.1) is 0 Å². The monoisotopic (exact) mass is 273 g/mol. The zero-order chi connectivity index (χ0) is 14.8. The quantitative estimate of drug-likeness (QED) is 0.854. The van der Waals surface area contributed by atoms with Crippen LogP contribution in [-0.4, -0.2) is 34.8 Å². The molecule has 0 saturated carbocycles. The highest BCUT2D eigenvalue weighted by atomic mass is 16.2. The molecule has 0 aliphatic carbocycles. The zero-order valence-electron chi connectivity index (χ0n) is 12.0. The third-order valence-corrected chi connectivity index (χ3v) is 3.14. The van der Waals surface area contributed by atoms with Gasteiger partial charge in [-0.3, -0.25) is 4.79 Å². The largest absolute Gasteiger partial charge is 0.345 e. The van der Waals surface area contributed by atoms with Crippen LogP contribution in [0.15, 0.2) is 35.3 Å². The normalized spacial score (nSPS) is 15.8. The molecule has 1 N–H and O–H groups in total. The average Bonchev–Trinajstić information content (AvgIpc) is 2.38. The first kappa shape index (κ1) is 14.2. The van der Waals surface area contributed by atoms with Gasteiger partial charge in [0.1, 0.15) is 5.84 Å². The van der Waals surface area contributed by atoms with E-state index in [9.17, 15) is 9.59 Å². The summed E-state index contributed by atoms with van der Waals surface area (Å²) in [5.74, 6) is 0.200. The number of benzene rings is 1. The van der Waals surface area contributed by atoms with Crippen molar-refractivity contribution < 1.29 is 9.59 Å². The van der Waals surface area contributed by atoms with Gasteiger partial charge < -0.3 is 10.2 Å². The number of amides is 3. The van der Waals surface area contributed by atoms with Crippen LogP contribution in [0.3, 0.4) is 0 Å². The fourth-order valence-corrected chi connectivity index (χ4v) is 2.05. The van der Waals surface area contributed by atoms with Crippen molar-refractivity contribution in [1.82, 2.24) is 10.2 Å². The molecule has 106 valence electrons. The third kappa shape index (κ3) is 3.23. The van der Waals surface area contributed by atoms with Crippen LogP contribution >= 0.6 is 0 Å². The lowest BCUT2D eigenvalue weighted by molar-refractivity contribution is 0.0975. The van der Waals surface area contributed by atoms with E-state index in [4.69, 9.17) is 0 Å². The molecule has 0 atom stereocenters. The van der Waals surface area contributed by atoms with E-state index in [0.717, 1.165) is 0 Å². The number of hydrogen-bond donors (Lipinski definition) is 1. The standard InChI is InChI=1S/C15H19N3O2/c1-15(2,3)18-10-9-12(17-14(18)20)16-13(19)11-7-5-4-6-8-11/h4-8H,9-10H2,1-3H3,(H,16,17,19,20). The zero-order valence-corrected chi connectivity index (χ0v) is 12.0. The van der Waals surface area contributed by atoms with Crippen LogP contribution in [0.5, 0.6) is 0 Å². The predicted molar refractivity (Wildman–Crippen MR) is 77.8 cm³/mol. The summed E-state index contributed by atoms with van der Waals surface area (Å²) in [5, 5.41) is 2.70. The van der Waals surface area contributed by atoms with E-state index in [1.807, 2.05) is 26.8 Å². The van der Waals surface area contributed by atoms with Gasteiger partial charge in [-0.2, -0.15) is 4.99 Å². The van der Waals surface area contributed by atoms with Gasteiger partial charge >= 0.3 is 6.03 Å². The van der Waals surface area contributed by atoms with Gasteiger partial charge in [0.25, 0.3) is 5.91 Å². The molecule has 0 fully saturated rings. The van der Waals surface area contributed by atoms with E-state index in [-0.39, 0.29) is 17.5 Å². The maximum absolute atomic E-state index is 12.0. The summed E-state index contributed by atoms with van der Waals surface area (Å²) in [6, 6.07) is 8.59. The van der Waals surface area contributed by atoms with Crippen LogP contribution in [0, 0.1) is 0 Å². The maximum Gasteiger partial charge on any atom is 0.345 e. The number of urea groups is 1. The second kappa shape index (κ2) is 5.45. The lowest BCUT2D eigenvalue weighted by atomic mass is 10.1. The summed E-state index contributed by atoms with van der Waals surface area (Å²) in [5.41, 5.74) is 0.302. The van der Waals surface area contributed by atoms with Gasteiger partial charge in [0.15, 0.2) is 0 Å². The molecule has 0 radical (unpaired) electrons. The van der Waals surface area contributed by atoms with Gasteiger partial charge in [-0.05, 0) is 32.9 Å². The number of amidine groups is 1. The number of hydrogen-bond acceptors (Lipinski definition) is 2. The average molecular weight is 273 g/mol. The van der Waals surface area contributed by atoms with Crippen molar-refractivity contribution >= 4 is 17.8 Å². The van der Waals surface area contributed by atoms with Crippen LogP contribution in [-0.2, 0) is 0 Å². The first-order valence-corrected chi connectivity index (χ1v) is 6.63. The highest BCUT2D eigenvalue weighted by Crippen LogP contribution is 2.18. The minimum absolute atomic E-state index is 0.235. The van der Waals surface area contributed by atoms with E-state index in [0.29, 0.717) is 24.4 Å². The Balaban J connectivity index is 2.06. The Morgan fingerprint density at radius 1 is 1.25 bits per heavy atom. The molecule has 0 unspecified atom stereocenters. The van der Waals surface area contributed by atoms with E-state index in [1.165, 1.54) is 0 Å². The van der Waals surface area contributed by atoms with Crippen molar-refractivity contribution in [3.63, 3.8) is 0 Å². The van der Waals surface area contributed by atoms with Crippen LogP contribution in [0.25, 0.3) is 0 Å². The number of rotatable bonds is 1. The second-order valence-corrected chi connectivity index (χ2v) is 5.73. The molecular formula is C15H19N3O2. The number of nitrogens with one attached hydrogen (secondary N) is 1. The number of carbonyl (C=O) groups excluding carboxylic acids is 2. The van der Waals surface area contributed by atoms with Crippen molar-refractivity contribution in [3.8, 4) is 0 Å². The number of aliphatic imine (C=N–C) groups is 1. The summed E-state index contributed by atoms with van der Waals surface area (Å²) in [7, 11) is 0. The smallest absolute Gasteiger partial charge is 0.318 e. The molecule has 20 heavy (non-hydrogen) atoms. The Hall–Kier alpha value is -2.17. The number of carbonyl (C=O) groups is 2. The fraction of sp³-hybridized carbons (Fsp3) is 0.400. The molecule has 5 heteroatoms. The van der Waals surface area contributed by atoms with Gasteiger partial charge in [0, 0.05) is 24.1 Å². The molecule has 0 saturated heterocycles. The molecule has 0 bridgehead atoms. The van der Waals surface area contributed by atoms with E-state index in [1.54, 1.807) is 29.2 Å². The van der Waals surface area contributed by atoms with Gasteiger partial charge in [-0.25, -0.2) is 4.79 Å². The molecule has 0 aromatic heterocycles. The Kier molecular flexibility index (Phi) is 3.88. The molecular weight excluding hydrogens is 254 g/mol. The van der Waals surface area contributed by atoms with E-state index in [2.05, 4.69) is 10.3 Å². The maximum atomic E-state index is 12.0. The molecule has 1 aliphatic heterocycles. The molecule has 1 heterocycles. The minimum Gasteiger partial charge on any atom is -0.318 e. The highest BCUT2D eigenvalue weighted by Gasteiger charge is 2.30. The molecule has 5 nitrogen and oxygen atoms in total. The topological polar surface area (TPSA) is 61.8 Å². The number of nitrogens with zero attached hydrogens (tertiary/aromatic N) is 2. The van der Waals surface area contributed by atoms with Crippen molar-refractivity contribution in [2.75, 3.05) is 6.54 Å². The molecule has 3 amide bonds. The SMILES string of the molecule is CC(C)(C)N1CCC(NC(=O)c2ccccc2)=NC1=O. The molecule has 0 spiro atoms. The van der Waals surface area contributed by atoms with Crippen LogP contribution in [0.2, 0.25) is 0 Å². The van der Waals surface area contributed by atoms with Gasteiger partial charge in [-0.1, -0.05) is 18.2 Å². The Morgan fingerprint density at radius 2 is 1.90 bits per heavy atom. The van der Waals surface area contributed by atoms with Crippen molar-refractivity contribution in [2.24, 2.45) is 4.99 Å². The Bertz CT molecular complexity index is 544. The molecule has 1 aromatic carbocycles. The molecule has 1 aromatic rings. The minimum atomic E-state index is -0.299. The summed E-state index contributed by atoms with van der Waals surface area (Å²) in [6.45, 7) is 6.46. The van der Waals surface area contributed by atoms with Gasteiger partial charge in [0.2, 0.25) is 0 Å². The van der Waals surface area contributed by atoms with Crippen molar-refractivity contribution in [3.05, 3.63) is 35.9 Å². The predicted octanol–water partition coefficient (Wildman–Crippen LogP) is 2.44. The van der Waals surface area contributed by atoms with Crippen LogP contribution in [0.4, 0.5) is 4.79 Å². The first-order chi connectivity index (χ1) is 9.38. The third-order valence-electron chi connectivity index (χ3n) is 3.14. The Labute approximate surface area is 118 Å². The first-order valence-electron chi connectivity index (χ1n) is 6.63. The highest BCUT2D eigenvalue weighted by molar-refractivity contribution is 6.09. The summed E-state index contributed by atoms with van der Waals surface area (Å²) in [4.78, 5) is 29.6. The summed E-state index contributed by atoms with van der Waals surface area (Å²) >= 11 is 0. The fourth-order valence-electron chi connectivity index (χ4n) is 2.05. The van der Waals surface area contributed by atoms with Crippen molar-refractivity contribution in [1.29, 1.82) is 0 Å². The molecule has 1 aliphatic rings. The van der Waals surface area contributed by atoms with Crippen molar-refractivity contribution in [2.45, 2.75) is 32.7 Å². The lowest BCUT2D eigenvalue weighted by Crippen LogP contribution is -2.49. The summed E-state index contributed by atoms with van der Waals surface area (Å²) in [6.07, 6.45) is 0.557. The molecule has 2 rings (SSSR count). The second-order valence-electron chi connectivity index (χ2n) is 5.73. The lowest BCUT2D eigenvalue weighted by Gasteiger charge is -2.36. The Morgan fingerprint density at radius 3 is 2.45 bits per heavy atom. The van der Waals surface area contributed by atoms with Crippen LogP contribution in [0.1, 0.15) is 37.6 Å². The van der Waals surface area contributed by atoms with Gasteiger partial charge in [0.05, 0.1) is 0 Å². The van der Waals surface area contributed by atoms with E-state index >= 15 is 0 Å².